The lowest BCUT2D eigenvalue weighted by Gasteiger charge is -2.18. The van der Waals surface area contributed by atoms with E-state index in [4.69, 9.17) is 14.4 Å². The third-order valence-electron chi connectivity index (χ3n) is 5.93. The first-order valence-corrected chi connectivity index (χ1v) is 10.9. The number of hydrogen-bond acceptors (Lipinski definition) is 6. The van der Waals surface area contributed by atoms with Crippen LogP contribution >= 0.6 is 0 Å². The molecule has 176 valence electrons. The van der Waals surface area contributed by atoms with Gasteiger partial charge in [-0.05, 0) is 42.5 Å². The second kappa shape index (κ2) is 9.38. The van der Waals surface area contributed by atoms with E-state index in [9.17, 15) is 14.4 Å². The molecule has 0 saturated carbocycles. The molecule has 0 aliphatic heterocycles. The van der Waals surface area contributed by atoms with Gasteiger partial charge in [-0.25, -0.2) is 4.79 Å². The van der Waals surface area contributed by atoms with Crippen LogP contribution in [0.2, 0.25) is 0 Å². The fourth-order valence-electron chi connectivity index (χ4n) is 3.86. The molecule has 0 fully saturated rings. The number of hydrogen-bond donors (Lipinski definition) is 3. The van der Waals surface area contributed by atoms with Crippen LogP contribution < -0.4 is 10.6 Å². The van der Waals surface area contributed by atoms with E-state index < -0.39 is 23.4 Å². The first kappa shape index (κ1) is 23.0. The molecule has 1 aliphatic carbocycles. The van der Waals surface area contributed by atoms with Crippen molar-refractivity contribution in [3.63, 3.8) is 0 Å². The van der Waals surface area contributed by atoms with Crippen LogP contribution in [-0.2, 0) is 9.53 Å². The number of rotatable bonds is 8. The molecule has 34 heavy (non-hydrogen) atoms. The van der Waals surface area contributed by atoms with Crippen molar-refractivity contribution in [1.29, 1.82) is 0 Å². The largest absolute Gasteiger partial charge is 0.481 e. The van der Waals surface area contributed by atoms with Gasteiger partial charge >= 0.3 is 12.1 Å². The molecule has 9 nitrogen and oxygen atoms in total. The maximum Gasteiger partial charge on any atom is 0.414 e. The molecule has 2 aromatic carbocycles. The highest BCUT2D eigenvalue weighted by atomic mass is 16.6. The zero-order valence-electron chi connectivity index (χ0n) is 18.8. The highest BCUT2D eigenvalue weighted by Crippen LogP contribution is 2.44. The number of ether oxygens (including phenoxy) is 1. The Morgan fingerprint density at radius 3 is 2.29 bits per heavy atom. The molecule has 1 aromatic heterocycles. The molecule has 0 unspecified atom stereocenters. The summed E-state index contributed by atoms with van der Waals surface area (Å²) in [7, 11) is 0. The van der Waals surface area contributed by atoms with Crippen molar-refractivity contribution in [2.45, 2.75) is 26.2 Å². The summed E-state index contributed by atoms with van der Waals surface area (Å²) in [6, 6.07) is 17.3. The van der Waals surface area contributed by atoms with E-state index in [-0.39, 0.29) is 37.1 Å². The fourth-order valence-corrected chi connectivity index (χ4v) is 3.86. The molecule has 3 aromatic rings. The minimum atomic E-state index is -0.964. The summed E-state index contributed by atoms with van der Waals surface area (Å²) >= 11 is 0. The molecular formula is C25H25N3O6. The van der Waals surface area contributed by atoms with Gasteiger partial charge in [0.05, 0.1) is 5.41 Å². The first-order valence-electron chi connectivity index (χ1n) is 10.9. The summed E-state index contributed by atoms with van der Waals surface area (Å²) in [6.07, 6.45) is -0.482. The van der Waals surface area contributed by atoms with Gasteiger partial charge in [-0.15, -0.1) is 0 Å². The van der Waals surface area contributed by atoms with Crippen molar-refractivity contribution in [3.8, 4) is 11.1 Å². The van der Waals surface area contributed by atoms with Crippen LogP contribution in [0.25, 0.3) is 11.1 Å². The Balaban J connectivity index is 1.31. The van der Waals surface area contributed by atoms with E-state index in [2.05, 4.69) is 27.9 Å². The number of fused-ring (bicyclic) bond motifs is 3. The predicted molar refractivity (Wildman–Crippen MR) is 124 cm³/mol. The Morgan fingerprint density at radius 1 is 1.06 bits per heavy atom. The Labute approximate surface area is 196 Å². The summed E-state index contributed by atoms with van der Waals surface area (Å²) in [6.45, 7) is 3.45. The average Bonchev–Trinajstić information content (AvgIpc) is 3.40. The number of benzene rings is 2. The van der Waals surface area contributed by atoms with Crippen LogP contribution in [0, 0.1) is 5.41 Å². The van der Waals surface area contributed by atoms with E-state index >= 15 is 0 Å². The summed E-state index contributed by atoms with van der Waals surface area (Å²) in [4.78, 5) is 35.7. The molecule has 1 aliphatic rings. The standard InChI is InChI=1S/C25H25N3O6/c1-25(2,23(30)31)11-12-26-22(29)20-13-21(34-28-20)27-24(32)33-14-19-17-9-5-3-7-15(17)16-8-4-6-10-18(16)19/h3-10,13,19H,11-12,14H2,1-2H3,(H,26,29)(H,27,32)(H,30,31). The third kappa shape index (κ3) is 4.78. The fraction of sp³-hybridized carbons (Fsp3) is 0.280. The maximum atomic E-state index is 12.3. The van der Waals surface area contributed by atoms with Crippen LogP contribution in [0.5, 0.6) is 0 Å². The van der Waals surface area contributed by atoms with Gasteiger partial charge in [0.1, 0.15) is 6.61 Å². The van der Waals surface area contributed by atoms with Gasteiger partial charge in [-0.1, -0.05) is 53.7 Å². The Morgan fingerprint density at radius 2 is 1.68 bits per heavy atom. The highest BCUT2D eigenvalue weighted by Gasteiger charge is 2.29. The molecule has 3 N–H and O–H groups in total. The number of aromatic nitrogens is 1. The quantitative estimate of drug-likeness (QED) is 0.455. The topological polar surface area (TPSA) is 131 Å². The van der Waals surface area contributed by atoms with Gasteiger partial charge in [-0.3, -0.25) is 14.9 Å². The Kier molecular flexibility index (Phi) is 6.36. The second-order valence-electron chi connectivity index (χ2n) is 8.72. The lowest BCUT2D eigenvalue weighted by Crippen LogP contribution is -2.32. The number of carboxylic acid groups (broad SMARTS) is 1. The van der Waals surface area contributed by atoms with Gasteiger partial charge in [0.2, 0.25) is 5.88 Å². The van der Waals surface area contributed by atoms with Crippen LogP contribution in [0.15, 0.2) is 59.1 Å². The number of carbonyl (C=O) groups excluding carboxylic acids is 2. The van der Waals surface area contributed by atoms with Gasteiger partial charge in [0.25, 0.3) is 5.91 Å². The maximum absolute atomic E-state index is 12.3. The van der Waals surface area contributed by atoms with E-state index in [0.717, 1.165) is 22.3 Å². The number of amides is 2. The van der Waals surface area contributed by atoms with Crippen molar-refractivity contribution in [1.82, 2.24) is 10.5 Å². The Bertz CT molecular complexity index is 1190. The van der Waals surface area contributed by atoms with E-state index in [0.29, 0.717) is 0 Å². The smallest absolute Gasteiger partial charge is 0.414 e. The molecular weight excluding hydrogens is 438 g/mol. The number of anilines is 1. The zero-order chi connectivity index (χ0) is 24.3. The predicted octanol–water partition coefficient (Wildman–Crippen LogP) is 4.27. The first-order chi connectivity index (χ1) is 16.3. The molecule has 0 spiro atoms. The minimum absolute atomic E-state index is 0.0340. The number of carbonyl (C=O) groups is 3. The van der Waals surface area contributed by atoms with Gasteiger partial charge in [-0.2, -0.15) is 0 Å². The van der Waals surface area contributed by atoms with Gasteiger partial charge < -0.3 is 19.7 Å². The van der Waals surface area contributed by atoms with Crippen LogP contribution in [0.4, 0.5) is 10.7 Å². The molecule has 0 atom stereocenters. The Hall–Kier alpha value is -4.14. The van der Waals surface area contributed by atoms with Crippen LogP contribution in [0.3, 0.4) is 0 Å². The SMILES string of the molecule is CC(C)(CCNC(=O)c1cc(NC(=O)OCC2c3ccccc3-c3ccccc32)on1)C(=O)O. The molecule has 4 rings (SSSR count). The van der Waals surface area contributed by atoms with Crippen LogP contribution in [0.1, 0.15) is 47.8 Å². The van der Waals surface area contributed by atoms with Crippen molar-refractivity contribution >= 4 is 23.9 Å². The monoisotopic (exact) mass is 463 g/mol. The highest BCUT2D eigenvalue weighted by molar-refractivity contribution is 5.93. The zero-order valence-corrected chi connectivity index (χ0v) is 18.8. The molecule has 1 heterocycles. The normalized spacial score (nSPS) is 12.5. The summed E-state index contributed by atoms with van der Waals surface area (Å²) in [5.41, 5.74) is 3.45. The number of nitrogens with zero attached hydrogens (tertiary/aromatic N) is 1. The van der Waals surface area contributed by atoms with Gasteiger partial charge in [0.15, 0.2) is 5.69 Å². The summed E-state index contributed by atoms with van der Waals surface area (Å²) in [5, 5.41) is 17.8. The lowest BCUT2D eigenvalue weighted by atomic mass is 9.90. The number of nitrogens with one attached hydrogen (secondary N) is 2. The average molecular weight is 463 g/mol. The lowest BCUT2D eigenvalue weighted by molar-refractivity contribution is -0.147. The van der Waals surface area contributed by atoms with Gasteiger partial charge in [0, 0.05) is 18.5 Å². The van der Waals surface area contributed by atoms with E-state index in [1.165, 1.54) is 6.07 Å². The third-order valence-corrected chi connectivity index (χ3v) is 5.93. The van der Waals surface area contributed by atoms with E-state index in [1.54, 1.807) is 13.8 Å². The summed E-state index contributed by atoms with van der Waals surface area (Å²) in [5.74, 6) is -1.60. The van der Waals surface area contributed by atoms with E-state index in [1.807, 2.05) is 36.4 Å². The second-order valence-corrected chi connectivity index (χ2v) is 8.72. The van der Waals surface area contributed by atoms with Crippen molar-refractivity contribution in [2.24, 2.45) is 5.41 Å². The summed E-state index contributed by atoms with van der Waals surface area (Å²) < 4.78 is 10.5. The number of aliphatic carboxylic acids is 1. The van der Waals surface area contributed by atoms with Crippen LogP contribution in [-0.4, -0.2) is 41.4 Å². The molecule has 0 radical (unpaired) electrons. The molecule has 2 amide bonds. The van der Waals surface area contributed by atoms with Crippen molar-refractivity contribution < 1.29 is 28.8 Å². The van der Waals surface area contributed by atoms with Crippen molar-refractivity contribution in [2.75, 3.05) is 18.5 Å². The molecule has 0 saturated heterocycles. The van der Waals surface area contributed by atoms with Crippen molar-refractivity contribution in [3.05, 3.63) is 71.4 Å². The minimum Gasteiger partial charge on any atom is -0.481 e. The molecule has 0 bridgehead atoms. The molecule has 9 heteroatoms. The number of carboxylic acids is 1.